The molecule has 4 nitrogen and oxygen atoms in total. The highest BCUT2D eigenvalue weighted by atomic mass is 35.5. The molecule has 1 aromatic heterocycles. The lowest BCUT2D eigenvalue weighted by atomic mass is 10.1. The first kappa shape index (κ1) is 20.7. The molecule has 0 aliphatic heterocycles. The molecule has 0 bridgehead atoms. The molecule has 0 saturated carbocycles. The molecule has 7 heteroatoms. The topological polar surface area (TPSA) is 40.5 Å². The van der Waals surface area contributed by atoms with Crippen molar-refractivity contribution in [2.45, 2.75) is 6.92 Å². The normalized spacial score (nSPS) is 11.3. The van der Waals surface area contributed by atoms with Crippen molar-refractivity contribution in [3.63, 3.8) is 0 Å². The average molecular weight is 436 g/mol. The molecular weight excluding hydrogens is 415 g/mol. The number of aryl methyl sites for hydroxylation is 1. The monoisotopic (exact) mass is 434 g/mol. The smallest absolute Gasteiger partial charge is 0.147 e. The molecule has 0 unspecified atom stereocenters. The summed E-state index contributed by atoms with van der Waals surface area (Å²) in [7, 11) is 0. The first-order valence-electron chi connectivity index (χ1n) is 8.93. The minimum absolute atomic E-state index is 0.564. The number of aromatic nitrogens is 1. The van der Waals surface area contributed by atoms with Gasteiger partial charge in [-0.3, -0.25) is 5.43 Å². The zero-order valence-electron chi connectivity index (χ0n) is 15.5. The van der Waals surface area contributed by atoms with Gasteiger partial charge in [0.25, 0.3) is 0 Å². The molecule has 0 aliphatic carbocycles. The van der Waals surface area contributed by atoms with E-state index in [1.54, 1.807) is 6.21 Å². The minimum atomic E-state index is 0.564. The van der Waals surface area contributed by atoms with E-state index in [1.807, 2.05) is 55.5 Å². The van der Waals surface area contributed by atoms with Gasteiger partial charge in [0.2, 0.25) is 0 Å². The van der Waals surface area contributed by atoms with Crippen molar-refractivity contribution in [3.05, 3.63) is 64.7 Å². The molecule has 3 aromatic rings. The molecule has 146 valence electrons. The van der Waals surface area contributed by atoms with Crippen molar-refractivity contribution in [1.82, 2.24) is 4.98 Å². The van der Waals surface area contributed by atoms with Crippen molar-refractivity contribution < 1.29 is 0 Å². The molecule has 0 spiro atoms. The van der Waals surface area contributed by atoms with Crippen molar-refractivity contribution >= 4 is 63.4 Å². The average Bonchev–Trinajstić information content (AvgIpc) is 2.69. The van der Waals surface area contributed by atoms with Crippen molar-refractivity contribution in [2.75, 3.05) is 35.2 Å². The lowest BCUT2D eigenvalue weighted by molar-refractivity contribution is 0.874. The second-order valence-corrected chi connectivity index (χ2v) is 7.50. The molecule has 3 rings (SSSR count). The third-order valence-corrected chi connectivity index (χ3v) is 4.91. The quantitative estimate of drug-likeness (QED) is 0.271. The zero-order chi connectivity index (χ0) is 19.9. The minimum Gasteiger partial charge on any atom is -0.369 e. The van der Waals surface area contributed by atoms with Crippen molar-refractivity contribution in [2.24, 2.45) is 5.10 Å². The number of nitrogens with one attached hydrogen (secondary N) is 1. The van der Waals surface area contributed by atoms with Crippen LogP contribution in [0.3, 0.4) is 0 Å². The fraction of sp³-hybridized carbons (Fsp3) is 0.238. The van der Waals surface area contributed by atoms with Crippen LogP contribution in [0.5, 0.6) is 0 Å². The summed E-state index contributed by atoms with van der Waals surface area (Å²) in [6.45, 7) is 3.56. The Morgan fingerprint density at radius 1 is 1.04 bits per heavy atom. The first-order chi connectivity index (χ1) is 13.6. The summed E-state index contributed by atoms with van der Waals surface area (Å²) < 4.78 is 0. The molecule has 1 heterocycles. The highest BCUT2D eigenvalue weighted by Crippen LogP contribution is 2.23. The van der Waals surface area contributed by atoms with Crippen LogP contribution in [0.2, 0.25) is 5.02 Å². The predicted octanol–water partition coefficient (Wildman–Crippen LogP) is 5.93. The summed E-state index contributed by atoms with van der Waals surface area (Å²) in [6, 6.07) is 15.7. The van der Waals surface area contributed by atoms with Crippen LogP contribution in [0.1, 0.15) is 11.1 Å². The molecular formula is C21H21Cl3N4. The van der Waals surface area contributed by atoms with Crippen LogP contribution in [-0.2, 0) is 0 Å². The number of rotatable bonds is 8. The second kappa shape index (κ2) is 9.97. The zero-order valence-corrected chi connectivity index (χ0v) is 17.8. The summed E-state index contributed by atoms with van der Waals surface area (Å²) in [4.78, 5) is 6.73. The van der Waals surface area contributed by atoms with Crippen molar-refractivity contribution in [3.8, 4) is 0 Å². The van der Waals surface area contributed by atoms with E-state index in [-0.39, 0.29) is 0 Å². The summed E-state index contributed by atoms with van der Waals surface area (Å²) in [5.74, 6) is 1.82. The summed E-state index contributed by atoms with van der Waals surface area (Å²) in [5, 5.41) is 6.05. The van der Waals surface area contributed by atoms with Gasteiger partial charge in [0.1, 0.15) is 5.82 Å². The van der Waals surface area contributed by atoms with Gasteiger partial charge in [-0.2, -0.15) is 5.10 Å². The Kier molecular flexibility index (Phi) is 7.37. The largest absolute Gasteiger partial charge is 0.369 e. The van der Waals surface area contributed by atoms with E-state index >= 15 is 0 Å². The van der Waals surface area contributed by atoms with Crippen LogP contribution in [0.15, 0.2) is 53.6 Å². The molecule has 0 saturated heterocycles. The molecule has 0 fully saturated rings. The van der Waals surface area contributed by atoms with Gasteiger partial charge in [-0.25, -0.2) is 4.98 Å². The van der Waals surface area contributed by atoms with Gasteiger partial charge in [-0.05, 0) is 54.4 Å². The predicted molar refractivity (Wildman–Crippen MR) is 123 cm³/mol. The summed E-state index contributed by atoms with van der Waals surface area (Å²) in [6.07, 6.45) is 1.76. The number of hydrogen-bond donors (Lipinski definition) is 1. The molecule has 1 N–H and O–H groups in total. The second-order valence-electron chi connectivity index (χ2n) is 6.31. The molecule has 0 amide bonds. The van der Waals surface area contributed by atoms with E-state index in [0.29, 0.717) is 22.6 Å². The molecule has 0 atom stereocenters. The van der Waals surface area contributed by atoms with E-state index < -0.39 is 0 Å². The number of nitrogens with zero attached hydrogens (tertiary/aromatic N) is 3. The summed E-state index contributed by atoms with van der Waals surface area (Å²) in [5.41, 5.74) is 7.05. The van der Waals surface area contributed by atoms with Crippen molar-refractivity contribution in [1.29, 1.82) is 0 Å². The van der Waals surface area contributed by atoms with Gasteiger partial charge >= 0.3 is 0 Å². The Hall–Kier alpha value is -2.01. The fourth-order valence-electron chi connectivity index (χ4n) is 2.94. The van der Waals surface area contributed by atoms with Crippen LogP contribution in [0.4, 0.5) is 11.5 Å². The lowest BCUT2D eigenvalue weighted by Crippen LogP contribution is -2.27. The molecule has 0 radical (unpaired) electrons. The summed E-state index contributed by atoms with van der Waals surface area (Å²) >= 11 is 17.8. The van der Waals surface area contributed by atoms with Crippen LogP contribution in [-0.4, -0.2) is 36.0 Å². The highest BCUT2D eigenvalue weighted by Gasteiger charge is 2.05. The molecule has 2 aromatic carbocycles. The third kappa shape index (κ3) is 5.28. The van der Waals surface area contributed by atoms with E-state index in [4.69, 9.17) is 34.8 Å². The van der Waals surface area contributed by atoms with Gasteiger partial charge in [-0.1, -0.05) is 23.7 Å². The van der Waals surface area contributed by atoms with Gasteiger partial charge in [0, 0.05) is 40.9 Å². The maximum Gasteiger partial charge on any atom is 0.147 e. The first-order valence-corrected chi connectivity index (χ1v) is 10.4. The SMILES string of the molecule is Cc1cc(NN=Cc2ccc(N(CCCl)CCCl)cc2)nc2ccc(Cl)cc12. The number of hydrazone groups is 1. The molecule has 0 aliphatic rings. The van der Waals surface area contributed by atoms with Crippen LogP contribution >= 0.6 is 34.8 Å². The van der Waals surface area contributed by atoms with E-state index in [9.17, 15) is 0 Å². The van der Waals surface area contributed by atoms with Gasteiger partial charge in [0.05, 0.1) is 11.7 Å². The van der Waals surface area contributed by atoms with Crippen LogP contribution < -0.4 is 10.3 Å². The maximum absolute atomic E-state index is 6.06. The number of halogens is 3. The fourth-order valence-corrected chi connectivity index (χ4v) is 3.52. The van der Waals surface area contributed by atoms with E-state index in [2.05, 4.69) is 20.4 Å². The molecule has 28 heavy (non-hydrogen) atoms. The lowest BCUT2D eigenvalue weighted by Gasteiger charge is -2.22. The van der Waals surface area contributed by atoms with Crippen LogP contribution in [0, 0.1) is 6.92 Å². The van der Waals surface area contributed by atoms with Gasteiger partial charge < -0.3 is 4.90 Å². The van der Waals surface area contributed by atoms with E-state index in [1.165, 1.54) is 0 Å². The number of anilines is 2. The Labute approximate surface area is 180 Å². The van der Waals surface area contributed by atoms with Crippen LogP contribution in [0.25, 0.3) is 10.9 Å². The standard InChI is InChI=1S/C21H21Cl3N4/c1-15-12-21(26-20-7-4-17(24)13-19(15)20)27-25-14-16-2-5-18(6-3-16)28(10-8-22)11-9-23/h2-7,12-14H,8-11H2,1H3,(H,26,27). The number of fused-ring (bicyclic) bond motifs is 1. The third-order valence-electron chi connectivity index (χ3n) is 4.34. The Bertz CT molecular complexity index is 952. The van der Waals surface area contributed by atoms with Gasteiger partial charge in [-0.15, -0.1) is 23.2 Å². The number of pyridine rings is 1. The highest BCUT2D eigenvalue weighted by molar-refractivity contribution is 6.31. The van der Waals surface area contributed by atoms with E-state index in [0.717, 1.165) is 40.8 Å². The Balaban J connectivity index is 1.69. The Morgan fingerprint density at radius 2 is 1.75 bits per heavy atom. The number of benzene rings is 2. The Morgan fingerprint density at radius 3 is 2.43 bits per heavy atom. The number of alkyl halides is 2. The maximum atomic E-state index is 6.06. The number of hydrogen-bond acceptors (Lipinski definition) is 4. The van der Waals surface area contributed by atoms with Gasteiger partial charge in [0.15, 0.2) is 0 Å².